The fraction of sp³-hybridized carbons (Fsp3) is 0.538. The summed E-state index contributed by atoms with van der Waals surface area (Å²) in [6.07, 6.45) is 4.24. The topological polar surface area (TPSA) is 42.0 Å². The molecule has 1 aliphatic rings. The van der Waals surface area contributed by atoms with Crippen molar-refractivity contribution in [2.24, 2.45) is 11.8 Å². The molecule has 0 radical (unpaired) electrons. The average molecular weight is 253 g/mol. The van der Waals surface area contributed by atoms with Gasteiger partial charge in [0.2, 0.25) is 5.91 Å². The zero-order valence-corrected chi connectivity index (χ0v) is 10.7. The van der Waals surface area contributed by atoms with Gasteiger partial charge < -0.3 is 5.32 Å². The number of aromatic nitrogens is 1. The van der Waals surface area contributed by atoms with E-state index in [-0.39, 0.29) is 11.8 Å². The molecule has 0 bridgehead atoms. The first-order valence-corrected chi connectivity index (χ1v) is 6.46. The highest BCUT2D eigenvalue weighted by atomic mass is 35.5. The van der Waals surface area contributed by atoms with Crippen molar-refractivity contribution in [3.63, 3.8) is 0 Å². The molecule has 0 spiro atoms. The summed E-state index contributed by atoms with van der Waals surface area (Å²) in [5.41, 5.74) is 0. The lowest BCUT2D eigenvalue weighted by atomic mass is 9.82. The quantitative estimate of drug-likeness (QED) is 0.819. The van der Waals surface area contributed by atoms with Gasteiger partial charge in [-0.05, 0) is 43.7 Å². The first-order valence-electron chi connectivity index (χ1n) is 6.08. The monoisotopic (exact) mass is 252 g/mol. The third-order valence-corrected chi connectivity index (χ3v) is 3.56. The molecule has 1 amide bonds. The van der Waals surface area contributed by atoms with Crippen LogP contribution in [-0.2, 0) is 4.79 Å². The summed E-state index contributed by atoms with van der Waals surface area (Å²) in [4.78, 5) is 16.0. The molecule has 1 saturated carbocycles. The van der Waals surface area contributed by atoms with Crippen molar-refractivity contribution in [1.82, 2.24) is 4.98 Å². The van der Waals surface area contributed by atoms with E-state index in [0.29, 0.717) is 11.0 Å². The Kier molecular flexibility index (Phi) is 4.00. The minimum Gasteiger partial charge on any atom is -0.310 e. The number of amides is 1. The van der Waals surface area contributed by atoms with E-state index in [1.165, 1.54) is 0 Å². The average Bonchev–Trinajstić information content (AvgIpc) is 2.29. The first-order chi connectivity index (χ1) is 8.15. The Hall–Kier alpha value is -1.09. The number of rotatable bonds is 2. The molecule has 1 fully saturated rings. The standard InChI is InChI=1S/C13H17ClN2O/c1-9-5-7-10(8-6-9)13(17)16-12-4-2-3-11(14)15-12/h2-4,9-10H,5-8H2,1H3,(H,15,16,17). The predicted octanol–water partition coefficient (Wildman–Crippen LogP) is 3.50. The van der Waals surface area contributed by atoms with Crippen molar-refractivity contribution in [3.8, 4) is 0 Å². The number of pyridine rings is 1. The van der Waals surface area contributed by atoms with E-state index in [4.69, 9.17) is 11.6 Å². The third kappa shape index (κ3) is 3.43. The molecular formula is C13H17ClN2O. The molecule has 0 aromatic carbocycles. The molecule has 0 saturated heterocycles. The molecule has 0 atom stereocenters. The number of hydrogen-bond acceptors (Lipinski definition) is 2. The largest absolute Gasteiger partial charge is 0.310 e. The predicted molar refractivity (Wildman–Crippen MR) is 69.0 cm³/mol. The van der Waals surface area contributed by atoms with Crippen LogP contribution in [0.5, 0.6) is 0 Å². The lowest BCUT2D eigenvalue weighted by Gasteiger charge is -2.25. The minimum absolute atomic E-state index is 0.0756. The minimum atomic E-state index is 0.0756. The van der Waals surface area contributed by atoms with Gasteiger partial charge in [-0.1, -0.05) is 24.6 Å². The summed E-state index contributed by atoms with van der Waals surface area (Å²) < 4.78 is 0. The van der Waals surface area contributed by atoms with E-state index in [2.05, 4.69) is 17.2 Å². The second-order valence-corrected chi connectivity index (χ2v) is 5.18. The Morgan fingerprint density at radius 1 is 1.35 bits per heavy atom. The number of carbonyl (C=O) groups is 1. The molecule has 2 rings (SSSR count). The van der Waals surface area contributed by atoms with Crippen molar-refractivity contribution < 1.29 is 4.79 Å². The number of anilines is 1. The van der Waals surface area contributed by atoms with E-state index < -0.39 is 0 Å². The van der Waals surface area contributed by atoms with Crippen LogP contribution < -0.4 is 5.32 Å². The Labute approximate surface area is 107 Å². The van der Waals surface area contributed by atoms with Crippen molar-refractivity contribution in [3.05, 3.63) is 23.4 Å². The number of hydrogen-bond donors (Lipinski definition) is 1. The molecule has 92 valence electrons. The van der Waals surface area contributed by atoms with Gasteiger partial charge in [0.25, 0.3) is 0 Å². The number of halogens is 1. The SMILES string of the molecule is CC1CCC(C(=O)Nc2cccc(Cl)n2)CC1. The van der Waals surface area contributed by atoms with Crippen LogP contribution in [0, 0.1) is 11.8 Å². The zero-order chi connectivity index (χ0) is 12.3. The highest BCUT2D eigenvalue weighted by molar-refractivity contribution is 6.29. The molecule has 4 heteroatoms. The number of nitrogens with one attached hydrogen (secondary N) is 1. The first kappa shape index (κ1) is 12.4. The molecule has 3 nitrogen and oxygen atoms in total. The van der Waals surface area contributed by atoms with Gasteiger partial charge in [0.1, 0.15) is 11.0 Å². The van der Waals surface area contributed by atoms with Gasteiger partial charge in [-0.2, -0.15) is 0 Å². The van der Waals surface area contributed by atoms with Crippen LogP contribution in [-0.4, -0.2) is 10.9 Å². The number of nitrogens with zero attached hydrogens (tertiary/aromatic N) is 1. The van der Waals surface area contributed by atoms with E-state index in [1.54, 1.807) is 18.2 Å². The van der Waals surface area contributed by atoms with Crippen LogP contribution in [0.3, 0.4) is 0 Å². The van der Waals surface area contributed by atoms with Gasteiger partial charge in [-0.15, -0.1) is 0 Å². The van der Waals surface area contributed by atoms with Gasteiger partial charge in [0.15, 0.2) is 0 Å². The van der Waals surface area contributed by atoms with E-state index in [1.807, 2.05) is 0 Å². The molecule has 0 aliphatic heterocycles. The van der Waals surface area contributed by atoms with Crippen molar-refractivity contribution in [2.75, 3.05) is 5.32 Å². The Bertz CT molecular complexity index is 400. The smallest absolute Gasteiger partial charge is 0.228 e. The maximum Gasteiger partial charge on any atom is 0.228 e. The summed E-state index contributed by atoms with van der Waals surface area (Å²) in [6.45, 7) is 2.24. The third-order valence-electron chi connectivity index (χ3n) is 3.35. The maximum atomic E-state index is 12.0. The maximum absolute atomic E-state index is 12.0. The van der Waals surface area contributed by atoms with Gasteiger partial charge in [0.05, 0.1) is 0 Å². The van der Waals surface area contributed by atoms with Gasteiger partial charge in [-0.3, -0.25) is 4.79 Å². The van der Waals surface area contributed by atoms with Crippen LogP contribution >= 0.6 is 11.6 Å². The van der Waals surface area contributed by atoms with Crippen LogP contribution in [0.15, 0.2) is 18.2 Å². The van der Waals surface area contributed by atoms with Crippen LogP contribution in [0.2, 0.25) is 5.15 Å². The molecule has 0 unspecified atom stereocenters. The summed E-state index contributed by atoms with van der Waals surface area (Å²) >= 11 is 5.77. The Morgan fingerprint density at radius 2 is 2.06 bits per heavy atom. The van der Waals surface area contributed by atoms with E-state index >= 15 is 0 Å². The van der Waals surface area contributed by atoms with E-state index in [0.717, 1.165) is 31.6 Å². The molecule has 1 heterocycles. The molecule has 1 aromatic rings. The van der Waals surface area contributed by atoms with Crippen molar-refractivity contribution in [2.45, 2.75) is 32.6 Å². The fourth-order valence-corrected chi connectivity index (χ4v) is 2.39. The molecule has 1 aliphatic carbocycles. The summed E-state index contributed by atoms with van der Waals surface area (Å²) in [6, 6.07) is 5.24. The van der Waals surface area contributed by atoms with Crippen LogP contribution in [0.4, 0.5) is 5.82 Å². The molecule has 17 heavy (non-hydrogen) atoms. The van der Waals surface area contributed by atoms with Crippen LogP contribution in [0.25, 0.3) is 0 Å². The highest BCUT2D eigenvalue weighted by Crippen LogP contribution is 2.29. The summed E-state index contributed by atoms with van der Waals surface area (Å²) in [5, 5.41) is 3.24. The lowest BCUT2D eigenvalue weighted by Crippen LogP contribution is -2.26. The van der Waals surface area contributed by atoms with Crippen molar-refractivity contribution in [1.29, 1.82) is 0 Å². The number of carbonyl (C=O) groups excluding carboxylic acids is 1. The van der Waals surface area contributed by atoms with E-state index in [9.17, 15) is 4.79 Å². The zero-order valence-electron chi connectivity index (χ0n) is 9.95. The Morgan fingerprint density at radius 3 is 2.71 bits per heavy atom. The lowest BCUT2D eigenvalue weighted by molar-refractivity contribution is -0.121. The molecule has 1 N–H and O–H groups in total. The molecular weight excluding hydrogens is 236 g/mol. The van der Waals surface area contributed by atoms with Crippen LogP contribution in [0.1, 0.15) is 32.6 Å². The Balaban J connectivity index is 1.93. The summed E-state index contributed by atoms with van der Waals surface area (Å²) in [7, 11) is 0. The van der Waals surface area contributed by atoms with Gasteiger partial charge in [-0.25, -0.2) is 4.98 Å². The van der Waals surface area contributed by atoms with Gasteiger partial charge in [0, 0.05) is 5.92 Å². The second kappa shape index (κ2) is 5.50. The molecule has 1 aromatic heterocycles. The fourth-order valence-electron chi connectivity index (χ4n) is 2.23. The van der Waals surface area contributed by atoms with Gasteiger partial charge >= 0.3 is 0 Å². The normalized spacial score (nSPS) is 24.4. The highest BCUT2D eigenvalue weighted by Gasteiger charge is 2.24. The summed E-state index contributed by atoms with van der Waals surface area (Å²) in [5.74, 6) is 1.50. The second-order valence-electron chi connectivity index (χ2n) is 4.79. The van der Waals surface area contributed by atoms with Crippen molar-refractivity contribution >= 4 is 23.3 Å².